The second-order valence-electron chi connectivity index (χ2n) is 4.56. The van der Waals surface area contributed by atoms with Gasteiger partial charge in [-0.1, -0.05) is 6.92 Å². The number of pyridine rings is 1. The van der Waals surface area contributed by atoms with Gasteiger partial charge in [-0.2, -0.15) is 0 Å². The minimum atomic E-state index is 0.236. The summed E-state index contributed by atoms with van der Waals surface area (Å²) in [5, 5.41) is 3.52. The second kappa shape index (κ2) is 10.6. The van der Waals surface area contributed by atoms with E-state index < -0.39 is 0 Å². The maximum Gasteiger partial charge on any atom is 0.137 e. The molecule has 0 aliphatic heterocycles. The Bertz CT molecular complexity index is 361. The highest BCUT2D eigenvalue weighted by Crippen LogP contribution is 2.20. The number of methoxy groups -OCH3 is 2. The molecule has 20 heavy (non-hydrogen) atoms. The molecule has 114 valence electrons. The maximum atomic E-state index is 5.55. The van der Waals surface area contributed by atoms with Crippen molar-refractivity contribution in [3.05, 3.63) is 24.0 Å². The van der Waals surface area contributed by atoms with E-state index in [9.17, 15) is 0 Å². The van der Waals surface area contributed by atoms with Crippen molar-refractivity contribution >= 4 is 0 Å². The molecule has 1 atom stereocenters. The second-order valence-corrected chi connectivity index (χ2v) is 4.56. The Morgan fingerprint density at radius 2 is 2.05 bits per heavy atom. The molecule has 0 spiro atoms. The van der Waals surface area contributed by atoms with Crippen LogP contribution in [0.2, 0.25) is 0 Å². The summed E-state index contributed by atoms with van der Waals surface area (Å²) in [5.41, 5.74) is 1.13. The van der Waals surface area contributed by atoms with E-state index in [1.165, 1.54) is 0 Å². The van der Waals surface area contributed by atoms with Gasteiger partial charge in [-0.15, -0.1) is 0 Å². The van der Waals surface area contributed by atoms with Crippen molar-refractivity contribution in [2.45, 2.75) is 25.8 Å². The molecular weight excluding hydrogens is 256 g/mol. The summed E-state index contributed by atoms with van der Waals surface area (Å²) >= 11 is 0. The lowest BCUT2D eigenvalue weighted by molar-refractivity contribution is 0.0657. The monoisotopic (exact) mass is 282 g/mol. The van der Waals surface area contributed by atoms with Crippen molar-refractivity contribution in [3.8, 4) is 5.75 Å². The van der Waals surface area contributed by atoms with Gasteiger partial charge in [0.15, 0.2) is 0 Å². The Morgan fingerprint density at radius 1 is 1.20 bits per heavy atom. The summed E-state index contributed by atoms with van der Waals surface area (Å²) in [6.45, 7) is 5.09. The Hall–Kier alpha value is -1.17. The van der Waals surface area contributed by atoms with Gasteiger partial charge in [0.2, 0.25) is 0 Å². The normalized spacial score (nSPS) is 12.3. The zero-order valence-corrected chi connectivity index (χ0v) is 12.7. The number of ether oxygens (including phenoxy) is 3. The molecule has 0 saturated heterocycles. The Morgan fingerprint density at radius 3 is 2.75 bits per heavy atom. The standard InChI is InChI=1S/C15H26N2O3/c1-4-6-17-15(5-7-20-9-8-18-2)13-10-14(19-3)12-16-11-13/h10-12,15,17H,4-9H2,1-3H3. The number of hydrogen-bond donors (Lipinski definition) is 1. The van der Waals surface area contributed by atoms with Crippen molar-refractivity contribution < 1.29 is 14.2 Å². The number of hydrogen-bond acceptors (Lipinski definition) is 5. The Kier molecular flexibility index (Phi) is 8.95. The molecule has 1 unspecified atom stereocenters. The molecule has 5 heteroatoms. The van der Waals surface area contributed by atoms with E-state index in [0.29, 0.717) is 19.8 Å². The third-order valence-electron chi connectivity index (χ3n) is 3.00. The highest BCUT2D eigenvalue weighted by atomic mass is 16.5. The average molecular weight is 282 g/mol. The minimum Gasteiger partial charge on any atom is -0.495 e. The summed E-state index contributed by atoms with van der Waals surface area (Å²) in [5.74, 6) is 0.783. The predicted molar refractivity (Wildman–Crippen MR) is 79.1 cm³/mol. The molecule has 0 aliphatic carbocycles. The topological polar surface area (TPSA) is 52.6 Å². The molecule has 0 amide bonds. The van der Waals surface area contributed by atoms with Crippen LogP contribution in [-0.2, 0) is 9.47 Å². The van der Waals surface area contributed by atoms with Crippen LogP contribution in [0.5, 0.6) is 5.75 Å². The van der Waals surface area contributed by atoms with Crippen LogP contribution in [-0.4, -0.2) is 45.6 Å². The lowest BCUT2D eigenvalue weighted by atomic mass is 10.1. The van der Waals surface area contributed by atoms with Gasteiger partial charge in [-0.3, -0.25) is 4.98 Å². The summed E-state index contributed by atoms with van der Waals surface area (Å²) < 4.78 is 15.7. The summed E-state index contributed by atoms with van der Waals surface area (Å²) in [6, 6.07) is 2.26. The average Bonchev–Trinajstić information content (AvgIpc) is 2.50. The fourth-order valence-corrected chi connectivity index (χ4v) is 1.89. The van der Waals surface area contributed by atoms with Crippen LogP contribution in [0.1, 0.15) is 31.4 Å². The lowest BCUT2D eigenvalue weighted by Gasteiger charge is -2.19. The molecule has 1 heterocycles. The van der Waals surface area contributed by atoms with Gasteiger partial charge in [0.1, 0.15) is 5.75 Å². The minimum absolute atomic E-state index is 0.236. The van der Waals surface area contributed by atoms with Gasteiger partial charge in [-0.25, -0.2) is 0 Å². The molecule has 1 aromatic rings. The van der Waals surface area contributed by atoms with E-state index in [1.807, 2.05) is 12.3 Å². The van der Waals surface area contributed by atoms with E-state index in [-0.39, 0.29) is 6.04 Å². The molecule has 5 nitrogen and oxygen atoms in total. The van der Waals surface area contributed by atoms with Crippen molar-refractivity contribution in [1.29, 1.82) is 0 Å². The first-order chi connectivity index (χ1) is 9.81. The van der Waals surface area contributed by atoms with Gasteiger partial charge >= 0.3 is 0 Å². The first-order valence-electron chi connectivity index (χ1n) is 7.10. The van der Waals surface area contributed by atoms with E-state index in [1.54, 1.807) is 20.4 Å². The Labute approximate surface area is 121 Å². The number of rotatable bonds is 11. The van der Waals surface area contributed by atoms with Crippen LogP contribution >= 0.6 is 0 Å². The SMILES string of the molecule is CCCNC(CCOCCOC)c1cncc(OC)c1. The molecule has 0 aromatic carbocycles. The fraction of sp³-hybridized carbons (Fsp3) is 0.667. The van der Waals surface area contributed by atoms with Gasteiger partial charge < -0.3 is 19.5 Å². The highest BCUT2D eigenvalue weighted by molar-refractivity contribution is 5.25. The van der Waals surface area contributed by atoms with E-state index in [0.717, 1.165) is 30.7 Å². The van der Waals surface area contributed by atoms with E-state index in [4.69, 9.17) is 14.2 Å². The van der Waals surface area contributed by atoms with Crippen molar-refractivity contribution in [2.24, 2.45) is 0 Å². The molecule has 0 fully saturated rings. The summed E-state index contributed by atoms with van der Waals surface area (Å²) in [6.07, 6.45) is 5.59. The predicted octanol–water partition coefficient (Wildman–Crippen LogP) is 2.18. The van der Waals surface area contributed by atoms with Gasteiger partial charge in [0.25, 0.3) is 0 Å². The van der Waals surface area contributed by atoms with Crippen molar-refractivity contribution in [2.75, 3.05) is 40.6 Å². The smallest absolute Gasteiger partial charge is 0.137 e. The molecule has 1 N–H and O–H groups in total. The third-order valence-corrected chi connectivity index (χ3v) is 3.00. The van der Waals surface area contributed by atoms with Crippen LogP contribution in [0, 0.1) is 0 Å². The third kappa shape index (κ3) is 6.32. The van der Waals surface area contributed by atoms with Crippen LogP contribution in [0.3, 0.4) is 0 Å². The maximum absolute atomic E-state index is 5.55. The first-order valence-corrected chi connectivity index (χ1v) is 7.10. The first kappa shape index (κ1) is 16.9. The van der Waals surface area contributed by atoms with Gasteiger partial charge in [-0.05, 0) is 31.0 Å². The van der Waals surface area contributed by atoms with E-state index >= 15 is 0 Å². The molecule has 0 aliphatic rings. The molecule has 0 radical (unpaired) electrons. The van der Waals surface area contributed by atoms with Crippen LogP contribution < -0.4 is 10.1 Å². The number of aromatic nitrogens is 1. The number of nitrogens with zero attached hydrogens (tertiary/aromatic N) is 1. The van der Waals surface area contributed by atoms with Crippen LogP contribution in [0.4, 0.5) is 0 Å². The molecule has 0 bridgehead atoms. The highest BCUT2D eigenvalue weighted by Gasteiger charge is 2.12. The Balaban J connectivity index is 2.53. The fourth-order valence-electron chi connectivity index (χ4n) is 1.89. The lowest BCUT2D eigenvalue weighted by Crippen LogP contribution is -2.24. The summed E-state index contributed by atoms with van der Waals surface area (Å²) in [7, 11) is 3.33. The number of nitrogens with one attached hydrogen (secondary N) is 1. The zero-order chi connectivity index (χ0) is 14.6. The molecule has 1 rings (SSSR count). The zero-order valence-electron chi connectivity index (χ0n) is 12.7. The largest absolute Gasteiger partial charge is 0.495 e. The van der Waals surface area contributed by atoms with Crippen molar-refractivity contribution in [1.82, 2.24) is 10.3 Å². The summed E-state index contributed by atoms with van der Waals surface area (Å²) in [4.78, 5) is 4.22. The van der Waals surface area contributed by atoms with E-state index in [2.05, 4.69) is 17.2 Å². The van der Waals surface area contributed by atoms with Crippen LogP contribution in [0.25, 0.3) is 0 Å². The van der Waals surface area contributed by atoms with Gasteiger partial charge in [0, 0.05) is 26.0 Å². The molecule has 0 saturated carbocycles. The van der Waals surface area contributed by atoms with Crippen molar-refractivity contribution in [3.63, 3.8) is 0 Å². The quantitative estimate of drug-likeness (QED) is 0.630. The van der Waals surface area contributed by atoms with Gasteiger partial charge in [0.05, 0.1) is 26.5 Å². The molecular formula is C15H26N2O3. The molecule has 1 aromatic heterocycles. The van der Waals surface area contributed by atoms with Crippen LogP contribution in [0.15, 0.2) is 18.5 Å².